The first-order valence-corrected chi connectivity index (χ1v) is 9.07. The highest BCUT2D eigenvalue weighted by molar-refractivity contribution is 6.08. The second kappa shape index (κ2) is 8.19. The molecule has 0 aliphatic heterocycles. The van der Waals surface area contributed by atoms with Crippen molar-refractivity contribution in [3.63, 3.8) is 0 Å². The minimum absolute atomic E-state index is 0.247. The van der Waals surface area contributed by atoms with Gasteiger partial charge in [0.1, 0.15) is 17.6 Å². The third kappa shape index (κ3) is 4.20. The summed E-state index contributed by atoms with van der Waals surface area (Å²) in [6, 6.07) is 22.5. The molecule has 0 radical (unpaired) electrons. The van der Waals surface area contributed by atoms with Gasteiger partial charge in [0.15, 0.2) is 0 Å². The van der Waals surface area contributed by atoms with Crippen molar-refractivity contribution in [2.45, 2.75) is 6.54 Å². The highest BCUT2D eigenvalue weighted by Crippen LogP contribution is 2.20. The molecular formula is C23H17N5O. The fourth-order valence-corrected chi connectivity index (χ4v) is 3.01. The van der Waals surface area contributed by atoms with Gasteiger partial charge in [0.25, 0.3) is 5.91 Å². The third-order valence-corrected chi connectivity index (χ3v) is 4.47. The van der Waals surface area contributed by atoms with Gasteiger partial charge >= 0.3 is 0 Å². The van der Waals surface area contributed by atoms with Gasteiger partial charge in [-0.1, -0.05) is 36.4 Å². The molecule has 0 atom stereocenters. The Balaban J connectivity index is 1.52. The topological polar surface area (TPSA) is 90.7 Å². The summed E-state index contributed by atoms with van der Waals surface area (Å²) in [6.07, 6.45) is 3.34. The zero-order chi connectivity index (χ0) is 20.1. The lowest BCUT2D eigenvalue weighted by molar-refractivity contribution is 0.102. The second-order valence-corrected chi connectivity index (χ2v) is 6.43. The van der Waals surface area contributed by atoms with Gasteiger partial charge in [0, 0.05) is 30.0 Å². The summed E-state index contributed by atoms with van der Waals surface area (Å²) in [5.41, 5.74) is 2.47. The Morgan fingerprint density at radius 1 is 0.966 bits per heavy atom. The number of pyridine rings is 2. The molecule has 2 heterocycles. The summed E-state index contributed by atoms with van der Waals surface area (Å²) in [5, 5.41) is 17.1. The number of nitrogens with one attached hydrogen (secondary N) is 2. The van der Waals surface area contributed by atoms with Crippen molar-refractivity contribution in [1.29, 1.82) is 5.26 Å². The van der Waals surface area contributed by atoms with Gasteiger partial charge in [-0.2, -0.15) is 5.26 Å². The van der Waals surface area contributed by atoms with E-state index in [2.05, 4.69) is 20.6 Å². The molecule has 0 aliphatic carbocycles. The summed E-state index contributed by atoms with van der Waals surface area (Å²) < 4.78 is 0. The maximum Gasteiger partial charge on any atom is 0.258 e. The number of rotatable bonds is 5. The van der Waals surface area contributed by atoms with Gasteiger partial charge in [0.2, 0.25) is 0 Å². The van der Waals surface area contributed by atoms with E-state index in [4.69, 9.17) is 5.26 Å². The van der Waals surface area contributed by atoms with E-state index in [0.29, 0.717) is 29.3 Å². The molecule has 6 nitrogen and oxygen atoms in total. The van der Waals surface area contributed by atoms with Crippen LogP contribution >= 0.6 is 0 Å². The summed E-state index contributed by atoms with van der Waals surface area (Å²) in [7, 11) is 0. The molecule has 0 bridgehead atoms. The number of carbonyl (C=O) groups is 1. The van der Waals surface area contributed by atoms with Crippen molar-refractivity contribution in [2.75, 3.05) is 10.6 Å². The molecule has 2 N–H and O–H groups in total. The number of benzene rings is 2. The molecule has 4 rings (SSSR count). The second-order valence-electron chi connectivity index (χ2n) is 6.43. The van der Waals surface area contributed by atoms with Crippen molar-refractivity contribution in [2.24, 2.45) is 0 Å². The smallest absolute Gasteiger partial charge is 0.258 e. The molecule has 6 heteroatoms. The summed E-state index contributed by atoms with van der Waals surface area (Å²) in [4.78, 5) is 21.1. The van der Waals surface area contributed by atoms with E-state index in [0.717, 1.165) is 16.3 Å². The number of carbonyl (C=O) groups excluding carboxylic acids is 1. The number of nitriles is 1. The van der Waals surface area contributed by atoms with Crippen LogP contribution in [0.25, 0.3) is 10.8 Å². The molecule has 1 amide bonds. The number of fused-ring (bicyclic) bond motifs is 1. The predicted octanol–water partition coefficient (Wildman–Crippen LogP) is 4.37. The number of hydrogen-bond donors (Lipinski definition) is 2. The zero-order valence-electron chi connectivity index (χ0n) is 15.5. The van der Waals surface area contributed by atoms with Gasteiger partial charge in [-0.05, 0) is 41.3 Å². The molecule has 0 fully saturated rings. The average molecular weight is 379 g/mol. The zero-order valence-corrected chi connectivity index (χ0v) is 15.5. The van der Waals surface area contributed by atoms with Crippen LogP contribution in [-0.2, 0) is 6.54 Å². The van der Waals surface area contributed by atoms with Crippen LogP contribution in [-0.4, -0.2) is 15.9 Å². The molecule has 0 aliphatic rings. The number of hydrogen-bond acceptors (Lipinski definition) is 5. The van der Waals surface area contributed by atoms with Crippen molar-refractivity contribution >= 4 is 28.2 Å². The van der Waals surface area contributed by atoms with Crippen LogP contribution in [0.5, 0.6) is 0 Å². The molecule has 140 valence electrons. The van der Waals surface area contributed by atoms with Crippen LogP contribution in [0.2, 0.25) is 0 Å². The first-order valence-electron chi connectivity index (χ1n) is 9.07. The first kappa shape index (κ1) is 18.1. The Morgan fingerprint density at radius 2 is 1.76 bits per heavy atom. The SMILES string of the molecule is N#Cc1cc(CNc2ccccc2C(=O)Nc2cc3ccccc3cn2)ccn1. The number of para-hydroxylation sites is 1. The van der Waals surface area contributed by atoms with Crippen molar-refractivity contribution in [3.05, 3.63) is 95.9 Å². The monoisotopic (exact) mass is 379 g/mol. The van der Waals surface area contributed by atoms with Crippen LogP contribution in [0.15, 0.2) is 79.1 Å². The first-order chi connectivity index (χ1) is 14.2. The van der Waals surface area contributed by atoms with Gasteiger partial charge in [0.05, 0.1) is 5.56 Å². The van der Waals surface area contributed by atoms with Gasteiger partial charge in [-0.15, -0.1) is 0 Å². The third-order valence-electron chi connectivity index (χ3n) is 4.47. The lowest BCUT2D eigenvalue weighted by Crippen LogP contribution is -2.15. The van der Waals surface area contributed by atoms with E-state index in [1.54, 1.807) is 24.5 Å². The molecule has 0 saturated carbocycles. The average Bonchev–Trinajstić information content (AvgIpc) is 2.78. The lowest BCUT2D eigenvalue weighted by Gasteiger charge is -2.12. The molecule has 2 aromatic carbocycles. The molecule has 2 aromatic heterocycles. The molecule has 0 saturated heterocycles. The Hall–Kier alpha value is -4.24. The molecule has 4 aromatic rings. The molecular weight excluding hydrogens is 362 g/mol. The molecule has 0 spiro atoms. The highest BCUT2D eigenvalue weighted by atomic mass is 16.1. The lowest BCUT2D eigenvalue weighted by atomic mass is 10.1. The largest absolute Gasteiger partial charge is 0.380 e. The number of aromatic nitrogens is 2. The van der Waals surface area contributed by atoms with Crippen molar-refractivity contribution in [3.8, 4) is 6.07 Å². The minimum atomic E-state index is -0.247. The van der Waals surface area contributed by atoms with Gasteiger partial charge in [-0.25, -0.2) is 9.97 Å². The summed E-state index contributed by atoms with van der Waals surface area (Å²) in [5.74, 6) is 0.250. The summed E-state index contributed by atoms with van der Waals surface area (Å²) in [6.45, 7) is 0.468. The minimum Gasteiger partial charge on any atom is -0.380 e. The Labute approximate surface area is 167 Å². The Kier molecular flexibility index (Phi) is 5.12. The van der Waals surface area contributed by atoms with E-state index in [-0.39, 0.29) is 5.91 Å². The Morgan fingerprint density at radius 3 is 2.62 bits per heavy atom. The standard InChI is InChI=1S/C23H17N5O/c24-13-19-11-16(9-10-25-19)14-26-21-8-4-3-7-20(21)23(29)28-22-12-17-5-1-2-6-18(17)15-27-22/h1-12,15,26H,14H2,(H,27,28,29). The van der Waals surface area contributed by atoms with E-state index in [1.807, 2.05) is 60.7 Å². The number of amides is 1. The highest BCUT2D eigenvalue weighted by Gasteiger charge is 2.12. The fraction of sp³-hybridized carbons (Fsp3) is 0.0435. The van der Waals surface area contributed by atoms with E-state index in [1.165, 1.54) is 0 Å². The van der Waals surface area contributed by atoms with E-state index >= 15 is 0 Å². The normalized spacial score (nSPS) is 10.3. The van der Waals surface area contributed by atoms with Crippen LogP contribution in [0.3, 0.4) is 0 Å². The van der Waals surface area contributed by atoms with Crippen molar-refractivity contribution < 1.29 is 4.79 Å². The number of nitrogens with zero attached hydrogens (tertiary/aromatic N) is 3. The Bertz CT molecular complexity index is 1230. The van der Waals surface area contributed by atoms with Crippen molar-refractivity contribution in [1.82, 2.24) is 9.97 Å². The van der Waals surface area contributed by atoms with Crippen LogP contribution in [0.1, 0.15) is 21.6 Å². The van der Waals surface area contributed by atoms with Crippen LogP contribution < -0.4 is 10.6 Å². The van der Waals surface area contributed by atoms with Crippen LogP contribution in [0, 0.1) is 11.3 Å². The van der Waals surface area contributed by atoms with Crippen LogP contribution in [0.4, 0.5) is 11.5 Å². The predicted molar refractivity (Wildman–Crippen MR) is 112 cm³/mol. The maximum absolute atomic E-state index is 12.8. The molecule has 29 heavy (non-hydrogen) atoms. The fourth-order valence-electron chi connectivity index (χ4n) is 3.01. The van der Waals surface area contributed by atoms with Gasteiger partial charge in [-0.3, -0.25) is 4.79 Å². The van der Waals surface area contributed by atoms with E-state index in [9.17, 15) is 4.79 Å². The maximum atomic E-state index is 12.8. The van der Waals surface area contributed by atoms with Gasteiger partial charge < -0.3 is 10.6 Å². The summed E-state index contributed by atoms with van der Waals surface area (Å²) >= 11 is 0. The quantitative estimate of drug-likeness (QED) is 0.537. The van der Waals surface area contributed by atoms with E-state index < -0.39 is 0 Å². The number of anilines is 2. The molecule has 0 unspecified atom stereocenters.